The minimum atomic E-state index is -0.325. The number of fused-ring (bicyclic) bond motifs is 1. The van der Waals surface area contributed by atoms with Crippen LogP contribution in [0.25, 0.3) is 34.1 Å². The van der Waals surface area contributed by atoms with Gasteiger partial charge in [0.1, 0.15) is 30.6 Å². The van der Waals surface area contributed by atoms with Crippen molar-refractivity contribution < 1.29 is 9.53 Å². The highest BCUT2D eigenvalue weighted by Gasteiger charge is 2.18. The molecule has 0 saturated heterocycles. The third-order valence-corrected chi connectivity index (χ3v) is 4.86. The van der Waals surface area contributed by atoms with Crippen LogP contribution in [0.5, 0.6) is 0 Å². The average Bonchev–Trinajstić information content (AvgIpc) is 3.46. The molecule has 4 aromatic heterocycles. The Bertz CT molecular complexity index is 1410. The lowest BCUT2D eigenvalue weighted by Crippen LogP contribution is -2.04. The summed E-state index contributed by atoms with van der Waals surface area (Å²) >= 11 is 0. The van der Waals surface area contributed by atoms with Crippen molar-refractivity contribution in [3.05, 3.63) is 72.9 Å². The summed E-state index contributed by atoms with van der Waals surface area (Å²) in [5.41, 5.74) is 9.86. The van der Waals surface area contributed by atoms with Gasteiger partial charge in [0, 0.05) is 18.8 Å². The second kappa shape index (κ2) is 7.91. The quantitative estimate of drug-likeness (QED) is 0.425. The number of nitrogens with zero attached hydrogens (tertiary/aromatic N) is 7. The van der Waals surface area contributed by atoms with Gasteiger partial charge in [-0.15, -0.1) is 0 Å². The minimum absolute atomic E-state index is 0.206. The predicted octanol–water partition coefficient (Wildman–Crippen LogP) is 2.71. The van der Waals surface area contributed by atoms with Gasteiger partial charge in [-0.05, 0) is 42.0 Å². The molecule has 158 valence electrons. The number of rotatable bonds is 5. The normalized spacial score (nSPS) is 11.0. The lowest BCUT2D eigenvalue weighted by molar-refractivity contribution is -0.142. The summed E-state index contributed by atoms with van der Waals surface area (Å²) in [6.07, 6.45) is 4.67. The molecule has 0 fully saturated rings. The molecular weight excluding hydrogens is 408 g/mol. The summed E-state index contributed by atoms with van der Waals surface area (Å²) in [6, 6.07) is 15.0. The van der Waals surface area contributed by atoms with Crippen LogP contribution < -0.4 is 5.73 Å². The number of esters is 1. The van der Waals surface area contributed by atoms with E-state index in [1.165, 1.54) is 13.3 Å². The van der Waals surface area contributed by atoms with Gasteiger partial charge < -0.3 is 10.5 Å². The zero-order valence-electron chi connectivity index (χ0n) is 17.1. The van der Waals surface area contributed by atoms with Crippen molar-refractivity contribution in [1.29, 1.82) is 0 Å². The SMILES string of the molecule is CC(=O)OCc1ccc(-n2c(-c3cccnc3N)nc3ccc(-n4cncn4)nc32)cc1. The molecule has 32 heavy (non-hydrogen) atoms. The molecule has 10 nitrogen and oxygen atoms in total. The van der Waals surface area contributed by atoms with Crippen LogP contribution >= 0.6 is 0 Å². The number of anilines is 1. The third kappa shape index (κ3) is 3.54. The summed E-state index contributed by atoms with van der Waals surface area (Å²) < 4.78 is 8.58. The summed E-state index contributed by atoms with van der Waals surface area (Å²) in [5, 5.41) is 4.16. The summed E-state index contributed by atoms with van der Waals surface area (Å²) in [4.78, 5) is 28.9. The second-order valence-corrected chi connectivity index (χ2v) is 7.01. The summed E-state index contributed by atoms with van der Waals surface area (Å²) in [6.45, 7) is 1.59. The number of hydrogen-bond acceptors (Lipinski definition) is 8. The number of imidazole rings is 1. The van der Waals surface area contributed by atoms with Gasteiger partial charge in [-0.3, -0.25) is 9.36 Å². The number of ether oxygens (including phenoxy) is 1. The maximum absolute atomic E-state index is 11.1. The first-order chi connectivity index (χ1) is 15.6. The largest absolute Gasteiger partial charge is 0.461 e. The predicted molar refractivity (Wildman–Crippen MR) is 117 cm³/mol. The monoisotopic (exact) mass is 426 g/mol. The fourth-order valence-corrected chi connectivity index (χ4v) is 3.36. The topological polar surface area (TPSA) is 127 Å². The van der Waals surface area contributed by atoms with Gasteiger partial charge in [0.25, 0.3) is 0 Å². The lowest BCUT2D eigenvalue weighted by Gasteiger charge is -2.11. The van der Waals surface area contributed by atoms with Crippen LogP contribution in [0.3, 0.4) is 0 Å². The molecule has 0 saturated carbocycles. The van der Waals surface area contributed by atoms with Gasteiger partial charge in [0.2, 0.25) is 0 Å². The highest BCUT2D eigenvalue weighted by Crippen LogP contribution is 2.30. The molecule has 0 aliphatic heterocycles. The highest BCUT2D eigenvalue weighted by atomic mass is 16.5. The molecule has 4 heterocycles. The third-order valence-electron chi connectivity index (χ3n) is 4.86. The van der Waals surface area contributed by atoms with Crippen molar-refractivity contribution in [3.8, 4) is 22.9 Å². The molecule has 0 bridgehead atoms. The molecular formula is C22H18N8O2. The smallest absolute Gasteiger partial charge is 0.302 e. The molecule has 0 aliphatic rings. The Hall–Kier alpha value is -4.60. The van der Waals surface area contributed by atoms with E-state index < -0.39 is 0 Å². The Morgan fingerprint density at radius 3 is 2.66 bits per heavy atom. The van der Waals surface area contributed by atoms with E-state index in [0.717, 1.165) is 11.3 Å². The van der Waals surface area contributed by atoms with Crippen LogP contribution in [-0.4, -0.2) is 40.3 Å². The highest BCUT2D eigenvalue weighted by molar-refractivity contribution is 5.83. The number of benzene rings is 1. The number of carbonyl (C=O) groups excluding carboxylic acids is 1. The Morgan fingerprint density at radius 2 is 1.94 bits per heavy atom. The van der Waals surface area contributed by atoms with E-state index in [0.29, 0.717) is 34.2 Å². The second-order valence-electron chi connectivity index (χ2n) is 7.01. The maximum atomic E-state index is 11.1. The van der Waals surface area contributed by atoms with E-state index >= 15 is 0 Å². The van der Waals surface area contributed by atoms with E-state index in [-0.39, 0.29) is 12.6 Å². The van der Waals surface area contributed by atoms with Crippen molar-refractivity contribution in [2.24, 2.45) is 0 Å². The minimum Gasteiger partial charge on any atom is -0.461 e. The number of pyridine rings is 2. The average molecular weight is 426 g/mol. The molecule has 0 spiro atoms. The van der Waals surface area contributed by atoms with Crippen LogP contribution in [0, 0.1) is 0 Å². The van der Waals surface area contributed by atoms with Crippen LogP contribution in [0.4, 0.5) is 5.82 Å². The molecule has 5 rings (SSSR count). The van der Waals surface area contributed by atoms with Crippen molar-refractivity contribution in [3.63, 3.8) is 0 Å². The molecule has 0 aliphatic carbocycles. The Kier molecular flexibility index (Phi) is 4.79. The molecule has 0 unspecified atom stereocenters. The number of carbonyl (C=O) groups is 1. The van der Waals surface area contributed by atoms with Gasteiger partial charge >= 0.3 is 5.97 Å². The molecule has 2 N–H and O–H groups in total. The van der Waals surface area contributed by atoms with Crippen LogP contribution in [-0.2, 0) is 16.1 Å². The van der Waals surface area contributed by atoms with Gasteiger partial charge in [-0.1, -0.05) is 12.1 Å². The van der Waals surface area contributed by atoms with Crippen molar-refractivity contribution in [1.82, 2.24) is 34.3 Å². The number of hydrogen-bond donors (Lipinski definition) is 1. The van der Waals surface area contributed by atoms with Gasteiger partial charge in [0.05, 0.1) is 5.56 Å². The zero-order valence-corrected chi connectivity index (χ0v) is 17.1. The molecule has 0 radical (unpaired) electrons. The van der Waals surface area contributed by atoms with E-state index in [4.69, 9.17) is 20.4 Å². The molecule has 0 atom stereocenters. The van der Waals surface area contributed by atoms with Crippen molar-refractivity contribution in [2.45, 2.75) is 13.5 Å². The van der Waals surface area contributed by atoms with Gasteiger partial charge in [-0.2, -0.15) is 5.10 Å². The number of aromatic nitrogens is 7. The first-order valence-corrected chi connectivity index (χ1v) is 9.78. The first-order valence-electron chi connectivity index (χ1n) is 9.78. The van der Waals surface area contributed by atoms with Crippen LogP contribution in [0.15, 0.2) is 67.4 Å². The molecule has 10 heteroatoms. The molecule has 5 aromatic rings. The molecule has 0 amide bonds. The van der Waals surface area contributed by atoms with Crippen molar-refractivity contribution >= 4 is 23.0 Å². The van der Waals surface area contributed by atoms with E-state index in [9.17, 15) is 4.79 Å². The van der Waals surface area contributed by atoms with Gasteiger partial charge in [-0.25, -0.2) is 24.6 Å². The Labute approximate surface area is 182 Å². The zero-order chi connectivity index (χ0) is 22.1. The van der Waals surface area contributed by atoms with Crippen LogP contribution in [0.1, 0.15) is 12.5 Å². The molecule has 1 aromatic carbocycles. The fraction of sp³-hybridized carbons (Fsp3) is 0.0909. The van der Waals surface area contributed by atoms with Crippen LogP contribution in [0.2, 0.25) is 0 Å². The maximum Gasteiger partial charge on any atom is 0.302 e. The van der Waals surface area contributed by atoms with E-state index in [2.05, 4.69) is 15.1 Å². The van der Waals surface area contributed by atoms with E-state index in [1.807, 2.05) is 53.1 Å². The first kappa shape index (κ1) is 19.4. The number of nitrogen functional groups attached to an aromatic ring is 1. The standard InChI is InChI=1S/C22H18N8O2/c1-14(31)32-11-15-4-6-16(7-5-15)30-21(17-3-2-10-25-20(17)23)27-18-8-9-19(28-22(18)30)29-13-24-12-26-29/h2-10,12-13H,11H2,1H3,(H2,23,25). The fourth-order valence-electron chi connectivity index (χ4n) is 3.36. The van der Waals surface area contributed by atoms with Gasteiger partial charge in [0.15, 0.2) is 17.3 Å². The van der Waals surface area contributed by atoms with E-state index in [1.54, 1.807) is 17.2 Å². The number of nitrogens with two attached hydrogens (primary N) is 1. The Balaban J connectivity index is 1.69. The Morgan fingerprint density at radius 1 is 1.09 bits per heavy atom. The lowest BCUT2D eigenvalue weighted by atomic mass is 10.2. The summed E-state index contributed by atoms with van der Waals surface area (Å²) in [5.74, 6) is 1.26. The van der Waals surface area contributed by atoms with Crippen molar-refractivity contribution in [2.75, 3.05) is 5.73 Å². The summed E-state index contributed by atoms with van der Waals surface area (Å²) in [7, 11) is 0.